The zero-order valence-corrected chi connectivity index (χ0v) is 11.6. The first-order chi connectivity index (χ1) is 9.91. The molecule has 116 valence electrons. The molecule has 0 aliphatic heterocycles. The molecule has 7 heteroatoms. The van der Waals surface area contributed by atoms with Crippen molar-refractivity contribution in [1.82, 2.24) is 10.3 Å². The quantitative estimate of drug-likeness (QED) is 0.934. The number of hydrogen-bond acceptors (Lipinski definition) is 3. The van der Waals surface area contributed by atoms with Crippen LogP contribution in [-0.4, -0.2) is 30.2 Å². The van der Waals surface area contributed by atoms with Gasteiger partial charge in [-0.3, -0.25) is 4.79 Å². The largest absolute Gasteiger partial charge is 0.481 e. The number of alkyl halides is 3. The Morgan fingerprint density at radius 2 is 2.05 bits per heavy atom. The van der Waals surface area contributed by atoms with Crippen LogP contribution in [0.3, 0.4) is 0 Å². The fourth-order valence-electron chi connectivity index (χ4n) is 2.58. The van der Waals surface area contributed by atoms with Gasteiger partial charge in [-0.2, -0.15) is 13.2 Å². The number of halogens is 3. The van der Waals surface area contributed by atoms with E-state index in [0.717, 1.165) is 0 Å². The molecule has 1 aromatic rings. The molecule has 1 saturated carbocycles. The zero-order valence-electron chi connectivity index (χ0n) is 11.6. The van der Waals surface area contributed by atoms with Gasteiger partial charge in [-0.05, 0) is 18.9 Å². The molecular formula is C14H17F3N2O2. The van der Waals surface area contributed by atoms with Crippen LogP contribution in [0.1, 0.15) is 36.0 Å². The number of methoxy groups -OCH3 is 1. The lowest BCUT2D eigenvalue weighted by atomic mass is 9.84. The van der Waals surface area contributed by atoms with E-state index in [4.69, 9.17) is 4.74 Å². The molecule has 1 aliphatic carbocycles. The highest BCUT2D eigenvalue weighted by Crippen LogP contribution is 2.37. The number of ether oxygens (including phenoxy) is 1. The number of aromatic nitrogens is 1. The second kappa shape index (κ2) is 6.32. The van der Waals surface area contributed by atoms with Crippen LogP contribution >= 0.6 is 0 Å². The number of rotatable bonds is 3. The zero-order chi connectivity index (χ0) is 15.5. The Bertz CT molecular complexity index is 488. The topological polar surface area (TPSA) is 51.2 Å². The third kappa shape index (κ3) is 3.86. The molecule has 0 spiro atoms. The number of carbonyl (C=O) groups is 1. The Labute approximate surface area is 120 Å². The minimum Gasteiger partial charge on any atom is -0.481 e. The average molecular weight is 302 g/mol. The lowest BCUT2D eigenvalue weighted by Gasteiger charge is -2.33. The van der Waals surface area contributed by atoms with Crippen LogP contribution in [0.15, 0.2) is 18.3 Å². The first-order valence-electron chi connectivity index (χ1n) is 6.79. The number of carbonyl (C=O) groups excluding carboxylic acids is 1. The van der Waals surface area contributed by atoms with E-state index in [2.05, 4.69) is 10.3 Å². The van der Waals surface area contributed by atoms with Crippen LogP contribution in [0.5, 0.6) is 5.88 Å². The highest BCUT2D eigenvalue weighted by molar-refractivity contribution is 5.94. The van der Waals surface area contributed by atoms with Gasteiger partial charge < -0.3 is 10.1 Å². The summed E-state index contributed by atoms with van der Waals surface area (Å²) in [5, 5.41) is 2.49. The molecular weight excluding hydrogens is 285 g/mol. The van der Waals surface area contributed by atoms with Crippen molar-refractivity contribution in [2.45, 2.75) is 37.9 Å². The van der Waals surface area contributed by atoms with Gasteiger partial charge in [0.15, 0.2) is 0 Å². The third-order valence-electron chi connectivity index (χ3n) is 3.71. The Hall–Kier alpha value is -1.79. The van der Waals surface area contributed by atoms with Crippen molar-refractivity contribution in [3.8, 4) is 5.88 Å². The van der Waals surface area contributed by atoms with E-state index in [1.165, 1.54) is 25.4 Å². The fourth-order valence-corrected chi connectivity index (χ4v) is 2.58. The highest BCUT2D eigenvalue weighted by atomic mass is 19.4. The Kier molecular flexibility index (Phi) is 4.69. The lowest BCUT2D eigenvalue weighted by Crippen LogP contribution is -2.47. The summed E-state index contributed by atoms with van der Waals surface area (Å²) in [6, 6.07) is 2.11. The number of amides is 1. The summed E-state index contributed by atoms with van der Waals surface area (Å²) in [5.74, 6) is -1.66. The van der Waals surface area contributed by atoms with E-state index in [1.807, 2.05) is 0 Å². The van der Waals surface area contributed by atoms with Crippen LogP contribution in [-0.2, 0) is 0 Å². The normalized spacial score (nSPS) is 22.7. The third-order valence-corrected chi connectivity index (χ3v) is 3.71. The van der Waals surface area contributed by atoms with Gasteiger partial charge in [0.2, 0.25) is 5.88 Å². The van der Waals surface area contributed by atoms with Crippen LogP contribution in [0.2, 0.25) is 0 Å². The molecule has 2 atom stereocenters. The molecule has 1 N–H and O–H groups in total. The predicted molar refractivity (Wildman–Crippen MR) is 70.1 cm³/mol. The van der Waals surface area contributed by atoms with Crippen molar-refractivity contribution >= 4 is 5.91 Å². The molecule has 1 amide bonds. The molecule has 1 fully saturated rings. The second-order valence-corrected chi connectivity index (χ2v) is 5.10. The minimum atomic E-state index is -4.28. The number of hydrogen-bond donors (Lipinski definition) is 1. The Morgan fingerprint density at radius 1 is 1.33 bits per heavy atom. The van der Waals surface area contributed by atoms with E-state index >= 15 is 0 Å². The molecule has 4 nitrogen and oxygen atoms in total. The number of nitrogens with one attached hydrogen (secondary N) is 1. The summed E-state index contributed by atoms with van der Waals surface area (Å²) >= 11 is 0. The molecule has 1 aromatic heterocycles. The van der Waals surface area contributed by atoms with Gasteiger partial charge in [-0.15, -0.1) is 0 Å². The van der Waals surface area contributed by atoms with E-state index in [-0.39, 0.29) is 12.0 Å². The molecule has 0 radical (unpaired) electrons. The second-order valence-electron chi connectivity index (χ2n) is 5.10. The van der Waals surface area contributed by atoms with Crippen molar-refractivity contribution in [1.29, 1.82) is 0 Å². The molecule has 2 unspecified atom stereocenters. The van der Waals surface area contributed by atoms with E-state index < -0.39 is 24.0 Å². The SMILES string of the molecule is COc1ccc(C(=O)NC2CCCCC2C(F)(F)F)cn1. The molecule has 0 aromatic carbocycles. The van der Waals surface area contributed by atoms with Crippen molar-refractivity contribution < 1.29 is 22.7 Å². The van der Waals surface area contributed by atoms with Crippen LogP contribution in [0.4, 0.5) is 13.2 Å². The average Bonchev–Trinajstić information content (AvgIpc) is 2.47. The maximum absolute atomic E-state index is 13.0. The highest BCUT2D eigenvalue weighted by Gasteiger charge is 2.45. The van der Waals surface area contributed by atoms with Gasteiger partial charge in [0.05, 0.1) is 18.6 Å². The van der Waals surface area contributed by atoms with Crippen molar-refractivity contribution in [3.63, 3.8) is 0 Å². The maximum atomic E-state index is 13.0. The summed E-state index contributed by atoms with van der Waals surface area (Å²) in [4.78, 5) is 15.9. The summed E-state index contributed by atoms with van der Waals surface area (Å²) in [7, 11) is 1.44. The van der Waals surface area contributed by atoms with Gasteiger partial charge >= 0.3 is 6.18 Å². The van der Waals surface area contributed by atoms with E-state index in [9.17, 15) is 18.0 Å². The predicted octanol–water partition coefficient (Wildman–Crippen LogP) is 2.94. The maximum Gasteiger partial charge on any atom is 0.393 e. The minimum absolute atomic E-state index is 0.0648. The molecule has 0 saturated heterocycles. The van der Waals surface area contributed by atoms with Gasteiger partial charge in [0.1, 0.15) is 0 Å². The molecule has 21 heavy (non-hydrogen) atoms. The number of pyridine rings is 1. The standard InChI is InChI=1S/C14H17F3N2O2/c1-21-12-7-6-9(8-18-12)13(20)19-11-5-3-2-4-10(11)14(15,16)17/h6-8,10-11H,2-5H2,1H3,(H,19,20). The smallest absolute Gasteiger partial charge is 0.393 e. The Morgan fingerprint density at radius 3 is 2.62 bits per heavy atom. The van der Waals surface area contributed by atoms with Crippen LogP contribution in [0.25, 0.3) is 0 Å². The molecule has 1 heterocycles. The van der Waals surface area contributed by atoms with Gasteiger partial charge in [0.25, 0.3) is 5.91 Å². The monoisotopic (exact) mass is 302 g/mol. The van der Waals surface area contributed by atoms with Gasteiger partial charge in [-0.1, -0.05) is 12.8 Å². The summed E-state index contributed by atoms with van der Waals surface area (Å²) in [6.07, 6.45) is -1.34. The summed E-state index contributed by atoms with van der Waals surface area (Å²) in [6.45, 7) is 0. The molecule has 2 rings (SSSR count). The molecule has 1 aliphatic rings. The summed E-state index contributed by atoms with van der Waals surface area (Å²) < 4.78 is 43.8. The van der Waals surface area contributed by atoms with Gasteiger partial charge in [-0.25, -0.2) is 4.98 Å². The van der Waals surface area contributed by atoms with Gasteiger partial charge in [0, 0.05) is 18.3 Å². The first kappa shape index (κ1) is 15.6. The van der Waals surface area contributed by atoms with E-state index in [1.54, 1.807) is 0 Å². The molecule has 0 bridgehead atoms. The van der Waals surface area contributed by atoms with Crippen LogP contribution < -0.4 is 10.1 Å². The fraction of sp³-hybridized carbons (Fsp3) is 0.571. The van der Waals surface area contributed by atoms with Crippen molar-refractivity contribution in [2.24, 2.45) is 5.92 Å². The van der Waals surface area contributed by atoms with E-state index in [0.29, 0.717) is 25.1 Å². The summed E-state index contributed by atoms with van der Waals surface area (Å²) in [5.41, 5.74) is 0.224. The van der Waals surface area contributed by atoms with Crippen LogP contribution in [0, 0.1) is 5.92 Å². The lowest BCUT2D eigenvalue weighted by molar-refractivity contribution is -0.187. The number of nitrogens with zero attached hydrogens (tertiary/aromatic N) is 1. The van der Waals surface area contributed by atoms with Crippen molar-refractivity contribution in [3.05, 3.63) is 23.9 Å². The van der Waals surface area contributed by atoms with Crippen molar-refractivity contribution in [2.75, 3.05) is 7.11 Å². The Balaban J connectivity index is 2.05. The first-order valence-corrected chi connectivity index (χ1v) is 6.79.